The van der Waals surface area contributed by atoms with Crippen molar-refractivity contribution in [2.75, 3.05) is 0 Å². The van der Waals surface area contributed by atoms with E-state index in [0.717, 1.165) is 29.3 Å². The highest BCUT2D eigenvalue weighted by atomic mass is 28.4. The number of β-lactam (4-membered cyclic amide) rings is 1. The molecule has 28 heavy (non-hydrogen) atoms. The van der Waals surface area contributed by atoms with Crippen LogP contribution in [0.15, 0.2) is 54.6 Å². The van der Waals surface area contributed by atoms with E-state index in [1.165, 1.54) is 4.90 Å². The van der Waals surface area contributed by atoms with Gasteiger partial charge in [-0.15, -0.1) is 0 Å². The van der Waals surface area contributed by atoms with Crippen molar-refractivity contribution in [3.8, 4) is 0 Å². The molecule has 0 spiro atoms. The molecule has 4 nitrogen and oxygen atoms in total. The fourth-order valence-corrected chi connectivity index (χ4v) is 6.65. The monoisotopic (exact) mass is 395 g/mol. The van der Waals surface area contributed by atoms with Gasteiger partial charge in [0.15, 0.2) is 14.4 Å². The van der Waals surface area contributed by atoms with Gasteiger partial charge in [-0.1, -0.05) is 68.8 Å². The van der Waals surface area contributed by atoms with E-state index in [0.29, 0.717) is 5.56 Å². The summed E-state index contributed by atoms with van der Waals surface area (Å²) in [7, 11) is -1.98. The Balaban J connectivity index is 1.93. The predicted octanol–water partition coefficient (Wildman–Crippen LogP) is 5.11. The Morgan fingerprint density at radius 2 is 1.54 bits per heavy atom. The van der Waals surface area contributed by atoms with Crippen LogP contribution in [0.1, 0.15) is 48.3 Å². The molecule has 0 saturated carbocycles. The van der Waals surface area contributed by atoms with Crippen molar-refractivity contribution in [1.29, 1.82) is 0 Å². The molecular weight excluding hydrogens is 366 g/mol. The minimum absolute atomic E-state index is 0.216. The van der Waals surface area contributed by atoms with Gasteiger partial charge in [0.05, 0.1) is 6.04 Å². The van der Waals surface area contributed by atoms with Crippen LogP contribution in [0.2, 0.25) is 18.1 Å². The van der Waals surface area contributed by atoms with Gasteiger partial charge in [-0.25, -0.2) is 0 Å². The molecular formula is C23H29NO3Si. The number of rotatable bonds is 7. The molecule has 0 aliphatic carbocycles. The van der Waals surface area contributed by atoms with Crippen LogP contribution < -0.4 is 0 Å². The Hall–Kier alpha value is -2.24. The van der Waals surface area contributed by atoms with Crippen molar-refractivity contribution < 1.29 is 14.0 Å². The molecule has 2 aromatic carbocycles. The molecule has 1 heterocycles. The zero-order chi connectivity index (χ0) is 20.3. The molecule has 1 aliphatic heterocycles. The summed E-state index contributed by atoms with van der Waals surface area (Å²) in [6.07, 6.45) is -0.566. The fourth-order valence-electron chi connectivity index (χ4n) is 3.88. The van der Waals surface area contributed by atoms with Crippen LogP contribution in [0, 0.1) is 6.92 Å². The van der Waals surface area contributed by atoms with Gasteiger partial charge in [0.25, 0.3) is 11.8 Å². The van der Waals surface area contributed by atoms with E-state index in [4.69, 9.17) is 4.43 Å². The average molecular weight is 396 g/mol. The number of hydrogen-bond acceptors (Lipinski definition) is 3. The van der Waals surface area contributed by atoms with Gasteiger partial charge in [-0.3, -0.25) is 14.5 Å². The zero-order valence-electron chi connectivity index (χ0n) is 17.1. The van der Waals surface area contributed by atoms with Gasteiger partial charge in [0.2, 0.25) is 0 Å². The Bertz CT molecular complexity index is 822. The summed E-state index contributed by atoms with van der Waals surface area (Å²) < 4.78 is 6.53. The number of aryl methyl sites for hydroxylation is 1. The van der Waals surface area contributed by atoms with Gasteiger partial charge in [0, 0.05) is 5.56 Å². The largest absolute Gasteiger partial charge is 0.403 e. The molecule has 148 valence electrons. The smallest absolute Gasteiger partial charge is 0.261 e. The molecule has 5 heteroatoms. The van der Waals surface area contributed by atoms with E-state index in [9.17, 15) is 9.59 Å². The van der Waals surface area contributed by atoms with Crippen molar-refractivity contribution >= 4 is 20.1 Å². The molecule has 2 amide bonds. The van der Waals surface area contributed by atoms with Crippen LogP contribution in [0.5, 0.6) is 0 Å². The average Bonchev–Trinajstić information content (AvgIpc) is 2.74. The van der Waals surface area contributed by atoms with Crippen LogP contribution in [0.25, 0.3) is 0 Å². The number of benzene rings is 2. The molecule has 2 aromatic rings. The molecule has 0 N–H and O–H groups in total. The Kier molecular flexibility index (Phi) is 6.16. The molecule has 0 aromatic heterocycles. The van der Waals surface area contributed by atoms with Gasteiger partial charge in [-0.2, -0.15) is 0 Å². The minimum Gasteiger partial charge on any atom is -0.403 e. The molecule has 0 bridgehead atoms. The maximum absolute atomic E-state index is 13.1. The lowest BCUT2D eigenvalue weighted by Crippen LogP contribution is -2.64. The molecule has 2 atom stereocenters. The number of carbonyl (C=O) groups is 2. The van der Waals surface area contributed by atoms with Crippen molar-refractivity contribution in [3.63, 3.8) is 0 Å². The highest BCUT2D eigenvalue weighted by molar-refractivity contribution is 6.73. The topological polar surface area (TPSA) is 46.6 Å². The van der Waals surface area contributed by atoms with E-state index in [-0.39, 0.29) is 17.9 Å². The normalized spacial score (nSPS) is 19.4. The van der Waals surface area contributed by atoms with Gasteiger partial charge < -0.3 is 4.43 Å². The predicted molar refractivity (Wildman–Crippen MR) is 114 cm³/mol. The highest BCUT2D eigenvalue weighted by Gasteiger charge is 2.54. The van der Waals surface area contributed by atoms with Gasteiger partial charge in [-0.05, 0) is 42.8 Å². The summed E-state index contributed by atoms with van der Waals surface area (Å²) in [5.41, 5.74) is 2.55. The third kappa shape index (κ3) is 3.69. The van der Waals surface area contributed by atoms with Crippen LogP contribution in [-0.4, -0.2) is 31.1 Å². The first-order valence-corrected chi connectivity index (χ1v) is 12.7. The SMILES string of the molecule is CC[Si](CC)(CC)O[C@H]1C(=O)N(C(=O)c2ccc(C)cc2)[C@H]1c1ccccc1. The first-order chi connectivity index (χ1) is 13.5. The molecule has 0 unspecified atom stereocenters. The summed E-state index contributed by atoms with van der Waals surface area (Å²) in [6.45, 7) is 8.42. The molecule has 1 saturated heterocycles. The van der Waals surface area contributed by atoms with E-state index >= 15 is 0 Å². The van der Waals surface area contributed by atoms with Crippen molar-refractivity contribution in [2.24, 2.45) is 0 Å². The van der Waals surface area contributed by atoms with Gasteiger partial charge in [0.1, 0.15) is 0 Å². The second kappa shape index (κ2) is 8.41. The third-order valence-electron chi connectivity index (χ3n) is 6.01. The van der Waals surface area contributed by atoms with E-state index in [1.807, 2.05) is 49.4 Å². The van der Waals surface area contributed by atoms with E-state index in [2.05, 4.69) is 20.8 Å². The van der Waals surface area contributed by atoms with E-state index < -0.39 is 14.4 Å². The maximum atomic E-state index is 13.1. The number of nitrogens with zero attached hydrogens (tertiary/aromatic N) is 1. The minimum atomic E-state index is -1.98. The molecule has 3 rings (SSSR count). The lowest BCUT2D eigenvalue weighted by molar-refractivity contribution is -0.158. The standard InChI is InChI=1S/C23H29NO3Si/c1-5-28(6-2,7-3)27-21-20(18-11-9-8-10-12-18)24(23(21)26)22(25)19-15-13-17(4)14-16-19/h8-16,20-21H,5-7H2,1-4H3/t20-,21+/m0/s1. The van der Waals surface area contributed by atoms with Crippen molar-refractivity contribution in [2.45, 2.75) is 58.0 Å². The van der Waals surface area contributed by atoms with Crippen LogP contribution in [0.3, 0.4) is 0 Å². The number of carbonyl (C=O) groups excluding carboxylic acids is 2. The molecule has 1 fully saturated rings. The number of amides is 2. The number of likely N-dealkylation sites (tertiary alicyclic amines) is 1. The van der Waals surface area contributed by atoms with Crippen LogP contribution in [-0.2, 0) is 9.22 Å². The first-order valence-electron chi connectivity index (χ1n) is 10.1. The lowest BCUT2D eigenvalue weighted by atomic mass is 9.90. The van der Waals surface area contributed by atoms with Crippen molar-refractivity contribution in [3.05, 3.63) is 71.3 Å². The van der Waals surface area contributed by atoms with Crippen LogP contribution in [0.4, 0.5) is 0 Å². The summed E-state index contributed by atoms with van der Waals surface area (Å²) in [4.78, 5) is 27.5. The van der Waals surface area contributed by atoms with Crippen LogP contribution >= 0.6 is 0 Å². The maximum Gasteiger partial charge on any atom is 0.261 e. The highest BCUT2D eigenvalue weighted by Crippen LogP contribution is 2.41. The second-order valence-corrected chi connectivity index (χ2v) is 12.2. The Labute approximate surface area is 168 Å². The summed E-state index contributed by atoms with van der Waals surface area (Å²) in [5.74, 6) is -0.470. The first kappa shape index (κ1) is 20.5. The second-order valence-electron chi connectivity index (χ2n) is 7.52. The quantitative estimate of drug-likeness (QED) is 0.372. The summed E-state index contributed by atoms with van der Waals surface area (Å²) in [5, 5.41) is 0. The van der Waals surface area contributed by atoms with Gasteiger partial charge >= 0.3 is 0 Å². The summed E-state index contributed by atoms with van der Waals surface area (Å²) in [6, 6.07) is 19.7. The Morgan fingerprint density at radius 1 is 0.964 bits per heavy atom. The molecule has 0 radical (unpaired) electrons. The van der Waals surface area contributed by atoms with Crippen molar-refractivity contribution in [1.82, 2.24) is 4.90 Å². The Morgan fingerprint density at radius 3 is 2.07 bits per heavy atom. The number of imide groups is 1. The summed E-state index contributed by atoms with van der Waals surface area (Å²) >= 11 is 0. The number of hydrogen-bond donors (Lipinski definition) is 0. The third-order valence-corrected chi connectivity index (χ3v) is 10.6. The zero-order valence-corrected chi connectivity index (χ0v) is 18.1. The fraction of sp³-hybridized carbons (Fsp3) is 0.391. The molecule has 1 aliphatic rings. The lowest BCUT2D eigenvalue weighted by Gasteiger charge is -2.48. The van der Waals surface area contributed by atoms with E-state index in [1.54, 1.807) is 12.1 Å².